The maximum absolute atomic E-state index is 12.6. The molecular formula is C23H29N3O3. The third-order valence-electron chi connectivity index (χ3n) is 5.13. The number of phenolic OH excluding ortho intramolecular Hbond substituents is 1. The molecule has 1 fully saturated rings. The third-order valence-corrected chi connectivity index (χ3v) is 5.13. The molecule has 1 aliphatic carbocycles. The maximum atomic E-state index is 12.6. The number of phenols is 1. The van der Waals surface area contributed by atoms with Crippen molar-refractivity contribution in [3.05, 3.63) is 53.1 Å². The zero-order valence-electron chi connectivity index (χ0n) is 17.3. The van der Waals surface area contributed by atoms with Crippen molar-refractivity contribution in [1.82, 2.24) is 4.90 Å². The first-order valence-electron chi connectivity index (χ1n) is 10.0. The number of nitrogens with zero attached hydrogens (tertiary/aromatic N) is 1. The summed E-state index contributed by atoms with van der Waals surface area (Å²) in [6.07, 6.45) is 2.37. The molecule has 0 unspecified atom stereocenters. The van der Waals surface area contributed by atoms with E-state index in [9.17, 15) is 14.7 Å². The van der Waals surface area contributed by atoms with Crippen LogP contribution < -0.4 is 10.6 Å². The normalized spacial score (nSPS) is 13.4. The van der Waals surface area contributed by atoms with E-state index in [1.165, 1.54) is 0 Å². The molecule has 6 nitrogen and oxygen atoms in total. The van der Waals surface area contributed by atoms with Gasteiger partial charge in [0.15, 0.2) is 0 Å². The minimum Gasteiger partial charge on any atom is -0.506 e. The SMILES string of the molecule is Cc1ccc(C)c(NC(=O)CN(CCC(=O)Nc2cc(C)ccc2O)C2CC2)c1. The van der Waals surface area contributed by atoms with Crippen LogP contribution in [0, 0.1) is 20.8 Å². The molecule has 0 spiro atoms. The molecule has 3 N–H and O–H groups in total. The van der Waals surface area contributed by atoms with E-state index >= 15 is 0 Å². The number of aromatic hydroxyl groups is 1. The van der Waals surface area contributed by atoms with Gasteiger partial charge in [-0.1, -0.05) is 18.2 Å². The van der Waals surface area contributed by atoms with Crippen LogP contribution in [0.15, 0.2) is 36.4 Å². The number of amides is 2. The zero-order chi connectivity index (χ0) is 21.0. The highest BCUT2D eigenvalue weighted by Gasteiger charge is 2.30. The molecule has 6 heteroatoms. The summed E-state index contributed by atoms with van der Waals surface area (Å²) < 4.78 is 0. The monoisotopic (exact) mass is 395 g/mol. The number of hydrogen-bond donors (Lipinski definition) is 3. The van der Waals surface area contributed by atoms with Gasteiger partial charge in [0.05, 0.1) is 12.2 Å². The summed E-state index contributed by atoms with van der Waals surface area (Å²) in [5.74, 6) is -0.190. The number of benzene rings is 2. The Morgan fingerprint density at radius 1 is 0.966 bits per heavy atom. The number of nitrogens with one attached hydrogen (secondary N) is 2. The quantitative estimate of drug-likeness (QED) is 0.595. The second-order valence-corrected chi connectivity index (χ2v) is 7.89. The van der Waals surface area contributed by atoms with E-state index in [2.05, 4.69) is 15.5 Å². The minimum absolute atomic E-state index is 0.0518. The average Bonchev–Trinajstić information content (AvgIpc) is 3.50. The molecule has 0 bridgehead atoms. The molecule has 2 amide bonds. The lowest BCUT2D eigenvalue weighted by Crippen LogP contribution is -2.37. The standard InChI is InChI=1S/C23H29N3O3/c1-15-4-6-17(3)19(12-15)24-23(29)14-26(18-7-8-18)11-10-22(28)25-20-13-16(2)5-9-21(20)27/h4-6,9,12-13,18,27H,7-8,10-11,14H2,1-3H3,(H,24,29)(H,25,28). The van der Waals surface area contributed by atoms with Crippen molar-refractivity contribution in [2.75, 3.05) is 23.7 Å². The molecule has 1 saturated carbocycles. The van der Waals surface area contributed by atoms with E-state index in [1.54, 1.807) is 18.2 Å². The van der Waals surface area contributed by atoms with Crippen molar-refractivity contribution in [2.45, 2.75) is 46.1 Å². The largest absolute Gasteiger partial charge is 0.506 e. The molecule has 0 aromatic heterocycles. The highest BCUT2D eigenvalue weighted by molar-refractivity contribution is 5.94. The van der Waals surface area contributed by atoms with Gasteiger partial charge in [-0.25, -0.2) is 0 Å². The molecule has 1 aliphatic rings. The lowest BCUT2D eigenvalue weighted by atomic mass is 10.1. The second-order valence-electron chi connectivity index (χ2n) is 7.89. The molecule has 2 aromatic carbocycles. The Balaban J connectivity index is 1.53. The zero-order valence-corrected chi connectivity index (χ0v) is 17.3. The van der Waals surface area contributed by atoms with Gasteiger partial charge in [0, 0.05) is 24.7 Å². The van der Waals surface area contributed by atoms with Gasteiger partial charge in [0.1, 0.15) is 5.75 Å². The fourth-order valence-corrected chi connectivity index (χ4v) is 3.28. The van der Waals surface area contributed by atoms with Crippen LogP contribution in [0.5, 0.6) is 5.75 Å². The molecule has 3 rings (SSSR count). The summed E-state index contributed by atoms with van der Waals surface area (Å²) in [6, 6.07) is 11.4. The van der Waals surface area contributed by atoms with Crippen molar-refractivity contribution in [2.24, 2.45) is 0 Å². The lowest BCUT2D eigenvalue weighted by Gasteiger charge is -2.21. The predicted octanol–water partition coefficient (Wildman–Crippen LogP) is 3.75. The van der Waals surface area contributed by atoms with Gasteiger partial charge in [-0.15, -0.1) is 0 Å². The van der Waals surface area contributed by atoms with Crippen molar-refractivity contribution < 1.29 is 14.7 Å². The molecule has 0 aliphatic heterocycles. The summed E-state index contributed by atoms with van der Waals surface area (Å²) in [4.78, 5) is 26.9. The van der Waals surface area contributed by atoms with Crippen LogP contribution in [0.2, 0.25) is 0 Å². The Morgan fingerprint density at radius 2 is 1.59 bits per heavy atom. The molecule has 0 radical (unpaired) electrons. The van der Waals surface area contributed by atoms with Crippen LogP contribution in [0.3, 0.4) is 0 Å². The first-order chi connectivity index (χ1) is 13.8. The van der Waals surface area contributed by atoms with Gasteiger partial charge >= 0.3 is 0 Å². The van der Waals surface area contributed by atoms with Crippen molar-refractivity contribution in [3.8, 4) is 5.75 Å². The Hall–Kier alpha value is -2.86. The van der Waals surface area contributed by atoms with Gasteiger partial charge < -0.3 is 15.7 Å². The Kier molecular flexibility index (Phi) is 6.54. The van der Waals surface area contributed by atoms with Crippen LogP contribution in [0.4, 0.5) is 11.4 Å². The number of aryl methyl sites for hydroxylation is 3. The van der Waals surface area contributed by atoms with E-state index in [0.717, 1.165) is 35.2 Å². The summed E-state index contributed by atoms with van der Waals surface area (Å²) in [5.41, 5.74) is 4.33. The first kappa shape index (κ1) is 20.9. The molecule has 0 saturated heterocycles. The topological polar surface area (TPSA) is 81.7 Å². The van der Waals surface area contributed by atoms with Crippen LogP contribution in [-0.4, -0.2) is 41.0 Å². The van der Waals surface area contributed by atoms with Gasteiger partial charge in [-0.2, -0.15) is 0 Å². The van der Waals surface area contributed by atoms with E-state index < -0.39 is 0 Å². The number of anilines is 2. The molecule has 0 atom stereocenters. The van der Waals surface area contributed by atoms with Gasteiger partial charge in [-0.3, -0.25) is 14.5 Å². The van der Waals surface area contributed by atoms with Gasteiger partial charge in [-0.05, 0) is 68.5 Å². The van der Waals surface area contributed by atoms with Crippen LogP contribution in [0.25, 0.3) is 0 Å². The van der Waals surface area contributed by atoms with Crippen LogP contribution in [0.1, 0.15) is 36.0 Å². The Morgan fingerprint density at radius 3 is 2.28 bits per heavy atom. The smallest absolute Gasteiger partial charge is 0.238 e. The van der Waals surface area contributed by atoms with Gasteiger partial charge in [0.2, 0.25) is 11.8 Å². The number of rotatable bonds is 8. The van der Waals surface area contributed by atoms with Crippen LogP contribution >= 0.6 is 0 Å². The minimum atomic E-state index is -0.175. The summed E-state index contributed by atoms with van der Waals surface area (Å²) in [6.45, 7) is 6.64. The molecule has 29 heavy (non-hydrogen) atoms. The second kappa shape index (κ2) is 9.09. The third kappa shape index (κ3) is 6.06. The van der Waals surface area contributed by atoms with E-state index in [1.807, 2.05) is 39.0 Å². The van der Waals surface area contributed by atoms with Crippen molar-refractivity contribution >= 4 is 23.2 Å². The number of hydrogen-bond acceptors (Lipinski definition) is 4. The predicted molar refractivity (Wildman–Crippen MR) is 115 cm³/mol. The molecular weight excluding hydrogens is 366 g/mol. The van der Waals surface area contributed by atoms with E-state index in [4.69, 9.17) is 0 Å². The summed E-state index contributed by atoms with van der Waals surface area (Å²) >= 11 is 0. The number of carbonyl (C=O) groups is 2. The average molecular weight is 396 g/mol. The molecule has 154 valence electrons. The fraction of sp³-hybridized carbons (Fsp3) is 0.391. The highest BCUT2D eigenvalue weighted by atomic mass is 16.3. The number of carbonyl (C=O) groups excluding carboxylic acids is 2. The Bertz CT molecular complexity index is 906. The van der Waals surface area contributed by atoms with E-state index in [0.29, 0.717) is 18.3 Å². The molecule has 0 heterocycles. The summed E-state index contributed by atoms with van der Waals surface area (Å²) in [7, 11) is 0. The summed E-state index contributed by atoms with van der Waals surface area (Å²) in [5, 5.41) is 15.6. The molecule has 2 aromatic rings. The van der Waals surface area contributed by atoms with Crippen LogP contribution in [-0.2, 0) is 9.59 Å². The van der Waals surface area contributed by atoms with Crippen molar-refractivity contribution in [1.29, 1.82) is 0 Å². The first-order valence-corrected chi connectivity index (χ1v) is 10.0. The van der Waals surface area contributed by atoms with Gasteiger partial charge in [0.25, 0.3) is 0 Å². The Labute approximate surface area is 171 Å². The van der Waals surface area contributed by atoms with E-state index in [-0.39, 0.29) is 30.5 Å². The maximum Gasteiger partial charge on any atom is 0.238 e. The fourth-order valence-electron chi connectivity index (χ4n) is 3.28. The van der Waals surface area contributed by atoms with Crippen molar-refractivity contribution in [3.63, 3.8) is 0 Å². The highest BCUT2D eigenvalue weighted by Crippen LogP contribution is 2.27. The lowest BCUT2D eigenvalue weighted by molar-refractivity contribution is -0.119.